The molecule has 1 nitrogen and oxygen atoms in total. The van der Waals surface area contributed by atoms with E-state index in [1.807, 2.05) is 0 Å². The first-order valence-electron chi connectivity index (χ1n) is 5.61. The van der Waals surface area contributed by atoms with Gasteiger partial charge in [0, 0.05) is 6.54 Å². The van der Waals surface area contributed by atoms with Crippen molar-refractivity contribution in [3.05, 3.63) is 11.6 Å². The van der Waals surface area contributed by atoms with Gasteiger partial charge in [-0.15, -0.1) is 0 Å². The summed E-state index contributed by atoms with van der Waals surface area (Å²) in [6.07, 6.45) is 9.10. The third kappa shape index (κ3) is 11.7. The Kier molecular flexibility index (Phi) is 9.56. The largest absolute Gasteiger partial charge is 0.313 e. The highest BCUT2D eigenvalue weighted by molar-refractivity contribution is 4.94. The minimum Gasteiger partial charge on any atom is -0.313 e. The van der Waals surface area contributed by atoms with E-state index in [9.17, 15) is 0 Å². The molecule has 0 spiro atoms. The van der Waals surface area contributed by atoms with Gasteiger partial charge in [-0.25, -0.2) is 0 Å². The van der Waals surface area contributed by atoms with Gasteiger partial charge in [0.2, 0.25) is 0 Å². The van der Waals surface area contributed by atoms with Crippen molar-refractivity contribution in [2.24, 2.45) is 0 Å². The van der Waals surface area contributed by atoms with E-state index in [-0.39, 0.29) is 0 Å². The molecule has 0 aromatic carbocycles. The minimum absolute atomic E-state index is 1.04. The maximum atomic E-state index is 3.42. The van der Waals surface area contributed by atoms with Crippen LogP contribution in [0.4, 0.5) is 0 Å². The molecule has 0 saturated carbocycles. The van der Waals surface area contributed by atoms with Crippen molar-refractivity contribution < 1.29 is 0 Å². The Morgan fingerprint density at radius 3 is 2.38 bits per heavy atom. The fourth-order valence-corrected chi connectivity index (χ4v) is 1.23. The van der Waals surface area contributed by atoms with Crippen LogP contribution in [0.15, 0.2) is 11.6 Å². The SMILES string of the molecule is CCCCCCCNCC=C(C)C. The van der Waals surface area contributed by atoms with Crippen LogP contribution in [0.2, 0.25) is 0 Å². The summed E-state index contributed by atoms with van der Waals surface area (Å²) in [5.41, 5.74) is 1.40. The van der Waals surface area contributed by atoms with E-state index in [1.165, 1.54) is 44.2 Å². The lowest BCUT2D eigenvalue weighted by Crippen LogP contribution is -2.15. The van der Waals surface area contributed by atoms with Gasteiger partial charge in [0.05, 0.1) is 0 Å². The van der Waals surface area contributed by atoms with Crippen molar-refractivity contribution in [2.45, 2.75) is 52.9 Å². The van der Waals surface area contributed by atoms with Crippen LogP contribution in [0.5, 0.6) is 0 Å². The van der Waals surface area contributed by atoms with Crippen molar-refractivity contribution in [3.63, 3.8) is 0 Å². The predicted molar refractivity (Wildman–Crippen MR) is 61.1 cm³/mol. The maximum Gasteiger partial charge on any atom is 0.0137 e. The molecule has 0 aliphatic heterocycles. The molecule has 0 heterocycles. The summed E-state index contributed by atoms with van der Waals surface area (Å²) in [4.78, 5) is 0. The fourth-order valence-electron chi connectivity index (χ4n) is 1.23. The summed E-state index contributed by atoms with van der Waals surface area (Å²) >= 11 is 0. The average molecular weight is 183 g/mol. The Labute approximate surface area is 83.6 Å². The van der Waals surface area contributed by atoms with E-state index in [1.54, 1.807) is 0 Å². The quantitative estimate of drug-likeness (QED) is 0.448. The first-order chi connectivity index (χ1) is 6.27. The molecule has 0 saturated heterocycles. The van der Waals surface area contributed by atoms with E-state index in [4.69, 9.17) is 0 Å². The molecule has 13 heavy (non-hydrogen) atoms. The average Bonchev–Trinajstić information content (AvgIpc) is 2.09. The molecule has 0 aromatic heterocycles. The van der Waals surface area contributed by atoms with E-state index in [0.29, 0.717) is 0 Å². The van der Waals surface area contributed by atoms with Crippen LogP contribution in [0.3, 0.4) is 0 Å². The molecule has 0 fully saturated rings. The summed E-state index contributed by atoms with van der Waals surface area (Å²) < 4.78 is 0. The van der Waals surface area contributed by atoms with Crippen LogP contribution < -0.4 is 5.32 Å². The number of rotatable bonds is 8. The second-order valence-corrected chi connectivity index (χ2v) is 3.90. The summed E-state index contributed by atoms with van der Waals surface area (Å²) in [7, 11) is 0. The van der Waals surface area contributed by atoms with Gasteiger partial charge < -0.3 is 5.32 Å². The summed E-state index contributed by atoms with van der Waals surface area (Å²) in [6, 6.07) is 0. The number of unbranched alkanes of at least 4 members (excludes halogenated alkanes) is 4. The summed E-state index contributed by atoms with van der Waals surface area (Å²) in [5.74, 6) is 0. The number of hydrogen-bond acceptors (Lipinski definition) is 1. The Morgan fingerprint density at radius 2 is 1.77 bits per heavy atom. The van der Waals surface area contributed by atoms with E-state index < -0.39 is 0 Å². The van der Waals surface area contributed by atoms with Gasteiger partial charge in [-0.1, -0.05) is 44.3 Å². The van der Waals surface area contributed by atoms with Crippen LogP contribution in [-0.4, -0.2) is 13.1 Å². The van der Waals surface area contributed by atoms with Crippen LogP contribution >= 0.6 is 0 Å². The lowest BCUT2D eigenvalue weighted by Gasteiger charge is -2.01. The summed E-state index contributed by atoms with van der Waals surface area (Å²) in [6.45, 7) is 8.75. The minimum atomic E-state index is 1.04. The molecular formula is C12H25N. The normalized spacial score (nSPS) is 10.1. The molecule has 0 aromatic rings. The number of hydrogen-bond donors (Lipinski definition) is 1. The van der Waals surface area contributed by atoms with E-state index >= 15 is 0 Å². The Hall–Kier alpha value is -0.300. The van der Waals surface area contributed by atoms with Crippen LogP contribution in [0.1, 0.15) is 52.9 Å². The van der Waals surface area contributed by atoms with Crippen molar-refractivity contribution in [3.8, 4) is 0 Å². The second kappa shape index (κ2) is 9.79. The van der Waals surface area contributed by atoms with Crippen molar-refractivity contribution in [2.75, 3.05) is 13.1 Å². The van der Waals surface area contributed by atoms with Crippen molar-refractivity contribution in [1.29, 1.82) is 0 Å². The molecule has 0 radical (unpaired) electrons. The third-order valence-electron chi connectivity index (χ3n) is 2.11. The molecule has 0 unspecified atom stereocenters. The first-order valence-corrected chi connectivity index (χ1v) is 5.61. The van der Waals surface area contributed by atoms with Crippen molar-refractivity contribution in [1.82, 2.24) is 5.32 Å². The molecule has 0 aliphatic rings. The zero-order valence-corrected chi connectivity index (χ0v) is 9.53. The molecule has 1 N–H and O–H groups in total. The fraction of sp³-hybridized carbons (Fsp3) is 0.833. The Morgan fingerprint density at radius 1 is 1.08 bits per heavy atom. The molecule has 0 atom stereocenters. The van der Waals surface area contributed by atoms with E-state index in [0.717, 1.165) is 6.54 Å². The topological polar surface area (TPSA) is 12.0 Å². The van der Waals surface area contributed by atoms with E-state index in [2.05, 4.69) is 32.2 Å². The molecule has 0 amide bonds. The van der Waals surface area contributed by atoms with Gasteiger partial charge in [0.15, 0.2) is 0 Å². The second-order valence-electron chi connectivity index (χ2n) is 3.90. The highest BCUT2D eigenvalue weighted by atomic mass is 14.8. The number of nitrogens with one attached hydrogen (secondary N) is 1. The zero-order valence-electron chi connectivity index (χ0n) is 9.53. The Balaban J connectivity index is 2.96. The Bertz CT molecular complexity index is 123. The molecule has 0 aliphatic carbocycles. The lowest BCUT2D eigenvalue weighted by molar-refractivity contribution is 0.600. The number of allylic oxidation sites excluding steroid dienone is 1. The van der Waals surface area contributed by atoms with Gasteiger partial charge in [0.1, 0.15) is 0 Å². The monoisotopic (exact) mass is 183 g/mol. The highest BCUT2D eigenvalue weighted by Crippen LogP contribution is 2.00. The standard InChI is InChI=1S/C12H25N/c1-4-5-6-7-8-10-13-11-9-12(2)3/h9,13H,4-8,10-11H2,1-3H3. The molecular weight excluding hydrogens is 158 g/mol. The molecule has 78 valence electrons. The lowest BCUT2D eigenvalue weighted by atomic mass is 10.1. The van der Waals surface area contributed by atoms with Gasteiger partial charge in [-0.2, -0.15) is 0 Å². The predicted octanol–water partition coefficient (Wildman–Crippen LogP) is 3.51. The third-order valence-corrected chi connectivity index (χ3v) is 2.11. The van der Waals surface area contributed by atoms with Gasteiger partial charge in [0.25, 0.3) is 0 Å². The molecule has 0 rings (SSSR count). The molecule has 0 bridgehead atoms. The van der Waals surface area contributed by atoms with Crippen molar-refractivity contribution >= 4 is 0 Å². The van der Waals surface area contributed by atoms with Gasteiger partial charge in [-0.3, -0.25) is 0 Å². The highest BCUT2D eigenvalue weighted by Gasteiger charge is 1.87. The van der Waals surface area contributed by atoms with Crippen LogP contribution in [0.25, 0.3) is 0 Å². The first kappa shape index (κ1) is 12.7. The smallest absolute Gasteiger partial charge is 0.0137 e. The zero-order chi connectivity index (χ0) is 9.94. The molecule has 1 heteroatoms. The maximum absolute atomic E-state index is 3.42. The van der Waals surface area contributed by atoms with Gasteiger partial charge in [-0.05, 0) is 26.8 Å². The summed E-state index contributed by atoms with van der Waals surface area (Å²) in [5, 5.41) is 3.42. The van der Waals surface area contributed by atoms with Crippen LogP contribution in [-0.2, 0) is 0 Å². The van der Waals surface area contributed by atoms with Crippen LogP contribution in [0, 0.1) is 0 Å². The van der Waals surface area contributed by atoms with Gasteiger partial charge >= 0.3 is 0 Å².